The van der Waals surface area contributed by atoms with Crippen LogP contribution in [0.4, 0.5) is 5.69 Å². The Bertz CT molecular complexity index is 713. The van der Waals surface area contributed by atoms with Gasteiger partial charge in [0.25, 0.3) is 0 Å². The molecule has 23 heavy (non-hydrogen) atoms. The number of benzene rings is 1. The molecule has 1 N–H and O–H groups in total. The lowest BCUT2D eigenvalue weighted by atomic mass is 9.55. The molecule has 122 valence electrons. The van der Waals surface area contributed by atoms with Gasteiger partial charge in [-0.2, -0.15) is 0 Å². The van der Waals surface area contributed by atoms with E-state index in [4.69, 9.17) is 0 Å². The third kappa shape index (κ3) is 1.88. The second-order valence-electron chi connectivity index (χ2n) is 7.59. The zero-order valence-corrected chi connectivity index (χ0v) is 13.2. The number of phenols is 1. The molecule has 0 aromatic heterocycles. The Morgan fingerprint density at radius 3 is 2.78 bits per heavy atom. The number of hydrogen-bond acceptors (Lipinski definition) is 4. The minimum Gasteiger partial charge on any atom is -0.502 e. The quantitative estimate of drug-likeness (QED) is 0.632. The first-order valence-corrected chi connectivity index (χ1v) is 8.46. The average Bonchev–Trinajstić information content (AvgIpc) is 2.82. The van der Waals surface area contributed by atoms with E-state index in [1.54, 1.807) is 0 Å². The Balaban J connectivity index is 1.77. The number of nitro benzene ring substituents is 1. The van der Waals surface area contributed by atoms with E-state index in [2.05, 4.69) is 6.92 Å². The standard InChI is InChI=1S/C18H21NO4/c1-18-9-8-11-10-4-6-15(20)17(19(22)23)13(10)3-2-12(11)14(18)5-7-16(18)21/h4,6,11-12,14,20H,2-3,5,7-9H2,1H3/t11-,12+,14+,18+/m1/s1. The molecule has 4 rings (SSSR count). The maximum absolute atomic E-state index is 12.3. The lowest BCUT2D eigenvalue weighted by Crippen LogP contribution is -2.42. The van der Waals surface area contributed by atoms with Gasteiger partial charge in [0.05, 0.1) is 4.92 Å². The van der Waals surface area contributed by atoms with Crippen LogP contribution in [-0.4, -0.2) is 15.8 Å². The van der Waals surface area contributed by atoms with E-state index >= 15 is 0 Å². The molecule has 1 aromatic carbocycles. The second-order valence-corrected chi connectivity index (χ2v) is 7.59. The number of carbonyl (C=O) groups excluding carboxylic acids is 1. The summed E-state index contributed by atoms with van der Waals surface area (Å²) in [5, 5.41) is 21.2. The van der Waals surface area contributed by atoms with Gasteiger partial charge >= 0.3 is 5.69 Å². The normalized spacial score (nSPS) is 35.3. The highest BCUT2D eigenvalue weighted by Crippen LogP contribution is 2.60. The van der Waals surface area contributed by atoms with Crippen molar-refractivity contribution in [2.45, 2.75) is 51.4 Å². The Kier molecular flexibility index (Phi) is 3.06. The minimum absolute atomic E-state index is 0.114. The van der Waals surface area contributed by atoms with Gasteiger partial charge in [0.2, 0.25) is 0 Å². The summed E-state index contributed by atoms with van der Waals surface area (Å²) in [6, 6.07) is 3.33. The predicted octanol–water partition coefficient (Wildman–Crippen LogP) is 3.73. The van der Waals surface area contributed by atoms with Crippen LogP contribution in [0.2, 0.25) is 0 Å². The Morgan fingerprint density at radius 1 is 1.26 bits per heavy atom. The fraction of sp³-hybridized carbons (Fsp3) is 0.611. The SMILES string of the molecule is C[C@]12CC[C@@H]3c4ccc(O)c([N+](=O)[O-])c4CC[C@@H]3[C@@H]1CCC2=O. The number of carbonyl (C=O) groups is 1. The molecule has 3 aliphatic carbocycles. The lowest BCUT2D eigenvalue weighted by molar-refractivity contribution is -0.386. The highest BCUT2D eigenvalue weighted by molar-refractivity contribution is 5.87. The van der Waals surface area contributed by atoms with Crippen LogP contribution in [0.15, 0.2) is 12.1 Å². The number of nitro groups is 1. The largest absolute Gasteiger partial charge is 0.502 e. The molecule has 2 fully saturated rings. The predicted molar refractivity (Wildman–Crippen MR) is 84.4 cm³/mol. The van der Waals surface area contributed by atoms with Crippen LogP contribution in [0.3, 0.4) is 0 Å². The zero-order valence-electron chi connectivity index (χ0n) is 13.2. The smallest absolute Gasteiger partial charge is 0.314 e. The monoisotopic (exact) mass is 315 g/mol. The first-order valence-electron chi connectivity index (χ1n) is 8.46. The molecule has 0 bridgehead atoms. The van der Waals surface area contributed by atoms with Crippen molar-refractivity contribution in [1.82, 2.24) is 0 Å². The average molecular weight is 315 g/mol. The molecule has 0 unspecified atom stereocenters. The molecule has 0 radical (unpaired) electrons. The third-order valence-corrected chi connectivity index (χ3v) is 6.75. The second kappa shape index (κ2) is 4.79. The van der Waals surface area contributed by atoms with Crippen LogP contribution in [0.1, 0.15) is 56.1 Å². The molecule has 0 heterocycles. The van der Waals surface area contributed by atoms with Crippen LogP contribution in [-0.2, 0) is 11.2 Å². The van der Waals surface area contributed by atoms with Crippen molar-refractivity contribution < 1.29 is 14.8 Å². The van der Waals surface area contributed by atoms with Gasteiger partial charge in [-0.25, -0.2) is 0 Å². The number of rotatable bonds is 1. The summed E-state index contributed by atoms with van der Waals surface area (Å²) in [4.78, 5) is 23.2. The van der Waals surface area contributed by atoms with Crippen molar-refractivity contribution in [2.75, 3.05) is 0 Å². The van der Waals surface area contributed by atoms with Gasteiger partial charge in [-0.3, -0.25) is 14.9 Å². The maximum atomic E-state index is 12.3. The fourth-order valence-electron chi connectivity index (χ4n) is 5.61. The van der Waals surface area contributed by atoms with E-state index in [0.29, 0.717) is 41.9 Å². The summed E-state index contributed by atoms with van der Waals surface area (Å²) in [5.74, 6) is 1.32. The zero-order chi connectivity index (χ0) is 16.4. The topological polar surface area (TPSA) is 80.4 Å². The minimum atomic E-state index is -0.458. The van der Waals surface area contributed by atoms with Crippen LogP contribution in [0.5, 0.6) is 5.75 Å². The van der Waals surface area contributed by atoms with Gasteiger partial charge in [0, 0.05) is 17.4 Å². The molecule has 2 saturated carbocycles. The number of nitrogens with zero attached hydrogens (tertiary/aromatic N) is 1. The van der Waals surface area contributed by atoms with Crippen LogP contribution in [0, 0.1) is 27.4 Å². The molecular weight excluding hydrogens is 294 g/mol. The first-order chi connectivity index (χ1) is 10.9. The molecule has 0 amide bonds. The van der Waals surface area contributed by atoms with Crippen molar-refractivity contribution in [3.63, 3.8) is 0 Å². The van der Waals surface area contributed by atoms with E-state index in [-0.39, 0.29) is 16.9 Å². The van der Waals surface area contributed by atoms with Gasteiger partial charge in [-0.05, 0) is 61.5 Å². The summed E-state index contributed by atoms with van der Waals surface area (Å²) < 4.78 is 0. The Labute approximate surface area is 134 Å². The van der Waals surface area contributed by atoms with E-state index in [1.807, 2.05) is 6.07 Å². The van der Waals surface area contributed by atoms with E-state index in [9.17, 15) is 20.0 Å². The Hall–Kier alpha value is -1.91. The summed E-state index contributed by atoms with van der Waals surface area (Å²) in [5.41, 5.74) is 1.45. The number of aromatic hydroxyl groups is 1. The number of ketones is 1. The summed E-state index contributed by atoms with van der Waals surface area (Å²) in [6.07, 6.45) is 4.96. The summed E-state index contributed by atoms with van der Waals surface area (Å²) in [7, 11) is 0. The number of fused-ring (bicyclic) bond motifs is 5. The fourth-order valence-corrected chi connectivity index (χ4v) is 5.61. The van der Waals surface area contributed by atoms with Gasteiger partial charge in [-0.1, -0.05) is 13.0 Å². The molecule has 1 aromatic rings. The molecule has 0 spiro atoms. The molecular formula is C18H21NO4. The number of hydrogen-bond donors (Lipinski definition) is 1. The van der Waals surface area contributed by atoms with Gasteiger partial charge in [0.1, 0.15) is 5.78 Å². The van der Waals surface area contributed by atoms with Gasteiger partial charge in [0.15, 0.2) is 5.75 Å². The number of phenolic OH excluding ortho intramolecular Hbond substituents is 1. The Morgan fingerprint density at radius 2 is 2.04 bits per heavy atom. The number of Topliss-reactive ketones (excluding diaryl/α,β-unsaturated/α-hetero) is 1. The van der Waals surface area contributed by atoms with E-state index in [1.165, 1.54) is 6.07 Å². The van der Waals surface area contributed by atoms with Crippen molar-refractivity contribution in [3.8, 4) is 5.75 Å². The van der Waals surface area contributed by atoms with E-state index < -0.39 is 4.92 Å². The van der Waals surface area contributed by atoms with Crippen LogP contribution in [0.25, 0.3) is 0 Å². The first kappa shape index (κ1) is 14.7. The van der Waals surface area contributed by atoms with Crippen LogP contribution >= 0.6 is 0 Å². The lowest BCUT2D eigenvalue weighted by Gasteiger charge is -2.48. The van der Waals surface area contributed by atoms with Crippen molar-refractivity contribution in [3.05, 3.63) is 33.4 Å². The van der Waals surface area contributed by atoms with Crippen LogP contribution < -0.4 is 0 Å². The summed E-state index contributed by atoms with van der Waals surface area (Å²) >= 11 is 0. The van der Waals surface area contributed by atoms with Gasteiger partial charge in [-0.15, -0.1) is 0 Å². The molecule has 0 aliphatic heterocycles. The van der Waals surface area contributed by atoms with Crippen molar-refractivity contribution in [2.24, 2.45) is 17.3 Å². The molecule has 5 nitrogen and oxygen atoms in total. The molecule has 0 saturated heterocycles. The summed E-state index contributed by atoms with van der Waals surface area (Å²) in [6.45, 7) is 2.12. The molecule has 5 heteroatoms. The highest BCUT2D eigenvalue weighted by Gasteiger charge is 2.55. The molecule has 4 atom stereocenters. The molecule has 3 aliphatic rings. The van der Waals surface area contributed by atoms with Crippen molar-refractivity contribution >= 4 is 11.5 Å². The third-order valence-electron chi connectivity index (χ3n) is 6.75. The maximum Gasteiger partial charge on any atom is 0.314 e. The van der Waals surface area contributed by atoms with E-state index in [0.717, 1.165) is 31.2 Å². The van der Waals surface area contributed by atoms with Gasteiger partial charge < -0.3 is 5.11 Å². The van der Waals surface area contributed by atoms with Crippen molar-refractivity contribution in [1.29, 1.82) is 0 Å². The highest BCUT2D eigenvalue weighted by atomic mass is 16.6.